The Hall–Kier alpha value is -0.810. The maximum atomic E-state index is 13.7. The third kappa shape index (κ3) is 3.10. The lowest BCUT2D eigenvalue weighted by Crippen LogP contribution is -2.34. The third-order valence-corrected chi connectivity index (χ3v) is 3.40. The van der Waals surface area contributed by atoms with Crippen LogP contribution >= 0.6 is 15.9 Å². The lowest BCUT2D eigenvalue weighted by atomic mass is 10.1. The van der Waals surface area contributed by atoms with Crippen LogP contribution < -0.4 is 11.1 Å². The Bertz CT molecular complexity index is 382. The van der Waals surface area contributed by atoms with E-state index in [9.17, 15) is 4.39 Å². The molecule has 0 spiro atoms. The molecular formula is C12H16BrFN2O. The second-order valence-electron chi connectivity index (χ2n) is 4.41. The highest BCUT2D eigenvalue weighted by molar-refractivity contribution is 9.10. The van der Waals surface area contributed by atoms with E-state index in [2.05, 4.69) is 21.2 Å². The molecule has 3 N–H and O–H groups in total. The number of hydrogen-bond donors (Lipinski definition) is 2. The summed E-state index contributed by atoms with van der Waals surface area (Å²) in [7, 11) is 0. The molecule has 2 atom stereocenters. The fraction of sp³-hybridized carbons (Fsp3) is 0.500. The number of ether oxygens (including phenoxy) is 1. The second-order valence-corrected chi connectivity index (χ2v) is 5.33. The van der Waals surface area contributed by atoms with Crippen LogP contribution in [0.5, 0.6) is 0 Å². The zero-order valence-corrected chi connectivity index (χ0v) is 11.3. The molecule has 2 rings (SSSR count). The maximum Gasteiger partial charge on any atom is 0.149 e. The molecule has 1 saturated heterocycles. The first-order valence-electron chi connectivity index (χ1n) is 5.69. The van der Waals surface area contributed by atoms with Crippen molar-refractivity contribution in [3.8, 4) is 0 Å². The van der Waals surface area contributed by atoms with Crippen LogP contribution in [0.3, 0.4) is 0 Å². The summed E-state index contributed by atoms with van der Waals surface area (Å²) in [6.45, 7) is 2.64. The van der Waals surface area contributed by atoms with Gasteiger partial charge in [-0.05, 0) is 31.9 Å². The molecule has 0 amide bonds. The van der Waals surface area contributed by atoms with Crippen molar-refractivity contribution in [1.82, 2.24) is 0 Å². The molecule has 1 aromatic rings. The number of nitrogens with two attached hydrogens (primary N) is 1. The third-order valence-electron chi connectivity index (χ3n) is 2.94. The molecule has 0 aliphatic carbocycles. The molecule has 3 nitrogen and oxygen atoms in total. The summed E-state index contributed by atoms with van der Waals surface area (Å²) in [6.07, 6.45) is 2.24. The van der Waals surface area contributed by atoms with E-state index in [-0.39, 0.29) is 11.9 Å². The zero-order valence-electron chi connectivity index (χ0n) is 9.67. The summed E-state index contributed by atoms with van der Waals surface area (Å²) < 4.78 is 19.9. The summed E-state index contributed by atoms with van der Waals surface area (Å²) in [4.78, 5) is 0. The van der Waals surface area contributed by atoms with Crippen molar-refractivity contribution in [2.75, 3.05) is 17.7 Å². The number of nitrogen functional groups attached to an aromatic ring is 1. The van der Waals surface area contributed by atoms with Gasteiger partial charge in [-0.2, -0.15) is 0 Å². The number of halogens is 2. The highest BCUT2D eigenvalue weighted by atomic mass is 79.9. The molecule has 1 aliphatic rings. The predicted octanol–water partition coefficient (Wildman–Crippen LogP) is 3.15. The first-order chi connectivity index (χ1) is 8.06. The van der Waals surface area contributed by atoms with E-state index in [0.29, 0.717) is 28.6 Å². The van der Waals surface area contributed by atoms with Crippen LogP contribution in [-0.2, 0) is 4.74 Å². The van der Waals surface area contributed by atoms with Crippen LogP contribution in [0.15, 0.2) is 16.6 Å². The quantitative estimate of drug-likeness (QED) is 0.825. The van der Waals surface area contributed by atoms with E-state index >= 15 is 0 Å². The van der Waals surface area contributed by atoms with Crippen LogP contribution in [0.1, 0.15) is 19.8 Å². The Kier molecular flexibility index (Phi) is 3.89. The standard InChI is InChI=1S/C12H16BrFN2O/c1-7-2-3-9(6-17-7)16-12-10(14)4-8(13)5-11(12)15/h4-5,7,9,16H,2-3,6,15H2,1H3. The minimum atomic E-state index is -0.338. The Morgan fingerprint density at radius 3 is 2.82 bits per heavy atom. The average molecular weight is 303 g/mol. The average Bonchev–Trinajstić information content (AvgIpc) is 2.26. The van der Waals surface area contributed by atoms with Gasteiger partial charge in [-0.3, -0.25) is 0 Å². The van der Waals surface area contributed by atoms with Gasteiger partial charge in [0.05, 0.1) is 24.1 Å². The molecule has 1 heterocycles. The van der Waals surface area contributed by atoms with Crippen LogP contribution in [0.2, 0.25) is 0 Å². The number of nitrogens with one attached hydrogen (secondary N) is 1. The number of anilines is 2. The highest BCUT2D eigenvalue weighted by Gasteiger charge is 2.20. The summed E-state index contributed by atoms with van der Waals surface area (Å²) in [5.74, 6) is -0.338. The molecule has 1 aromatic carbocycles. The van der Waals surface area contributed by atoms with E-state index in [1.54, 1.807) is 6.07 Å². The van der Waals surface area contributed by atoms with Crippen LogP contribution in [0.4, 0.5) is 15.8 Å². The molecule has 1 fully saturated rings. The lowest BCUT2D eigenvalue weighted by molar-refractivity contribution is 0.0214. The topological polar surface area (TPSA) is 47.3 Å². The largest absolute Gasteiger partial charge is 0.397 e. The molecule has 0 aromatic heterocycles. The Labute approximate surface area is 109 Å². The molecular weight excluding hydrogens is 287 g/mol. The molecule has 0 radical (unpaired) electrons. The van der Waals surface area contributed by atoms with Gasteiger partial charge in [0.15, 0.2) is 0 Å². The molecule has 5 heteroatoms. The van der Waals surface area contributed by atoms with E-state index in [1.165, 1.54) is 6.07 Å². The smallest absolute Gasteiger partial charge is 0.149 e. The van der Waals surface area contributed by atoms with E-state index in [1.807, 2.05) is 6.92 Å². The van der Waals surface area contributed by atoms with Crippen molar-refractivity contribution in [1.29, 1.82) is 0 Å². The number of benzene rings is 1. The summed E-state index contributed by atoms with van der Waals surface area (Å²) >= 11 is 3.21. The van der Waals surface area contributed by atoms with Crippen LogP contribution in [0, 0.1) is 5.82 Å². The minimum absolute atomic E-state index is 0.129. The van der Waals surface area contributed by atoms with Crippen LogP contribution in [-0.4, -0.2) is 18.8 Å². The van der Waals surface area contributed by atoms with Gasteiger partial charge in [0, 0.05) is 10.5 Å². The van der Waals surface area contributed by atoms with Gasteiger partial charge in [-0.1, -0.05) is 15.9 Å². The van der Waals surface area contributed by atoms with Gasteiger partial charge in [-0.25, -0.2) is 4.39 Å². The highest BCUT2D eigenvalue weighted by Crippen LogP contribution is 2.29. The normalized spacial score (nSPS) is 24.6. The molecule has 0 bridgehead atoms. The predicted molar refractivity (Wildman–Crippen MR) is 70.6 cm³/mol. The fourth-order valence-corrected chi connectivity index (χ4v) is 2.39. The SMILES string of the molecule is CC1CCC(Nc2c(N)cc(Br)cc2F)CO1. The molecule has 1 aliphatic heterocycles. The van der Waals surface area contributed by atoms with E-state index < -0.39 is 0 Å². The van der Waals surface area contributed by atoms with Gasteiger partial charge < -0.3 is 15.8 Å². The Balaban J connectivity index is 2.08. The Morgan fingerprint density at radius 1 is 1.47 bits per heavy atom. The van der Waals surface area contributed by atoms with Crippen molar-refractivity contribution < 1.29 is 9.13 Å². The lowest BCUT2D eigenvalue weighted by Gasteiger charge is -2.28. The zero-order chi connectivity index (χ0) is 12.4. The van der Waals surface area contributed by atoms with Gasteiger partial charge >= 0.3 is 0 Å². The summed E-state index contributed by atoms with van der Waals surface area (Å²) in [5.41, 5.74) is 6.58. The first-order valence-corrected chi connectivity index (χ1v) is 6.48. The van der Waals surface area contributed by atoms with Gasteiger partial charge in [0.1, 0.15) is 5.82 Å². The second kappa shape index (κ2) is 5.23. The van der Waals surface area contributed by atoms with Crippen molar-refractivity contribution in [3.63, 3.8) is 0 Å². The van der Waals surface area contributed by atoms with E-state index in [4.69, 9.17) is 10.5 Å². The first kappa shape index (κ1) is 12.6. The Morgan fingerprint density at radius 2 is 2.24 bits per heavy atom. The van der Waals surface area contributed by atoms with E-state index in [0.717, 1.165) is 12.8 Å². The molecule has 0 saturated carbocycles. The molecule has 17 heavy (non-hydrogen) atoms. The maximum absolute atomic E-state index is 13.7. The monoisotopic (exact) mass is 302 g/mol. The summed E-state index contributed by atoms with van der Waals surface area (Å²) in [5, 5.41) is 3.12. The molecule has 2 unspecified atom stereocenters. The van der Waals surface area contributed by atoms with Crippen molar-refractivity contribution in [2.45, 2.75) is 31.9 Å². The van der Waals surface area contributed by atoms with Gasteiger partial charge in [-0.15, -0.1) is 0 Å². The molecule has 94 valence electrons. The number of hydrogen-bond acceptors (Lipinski definition) is 3. The number of rotatable bonds is 2. The van der Waals surface area contributed by atoms with Crippen molar-refractivity contribution in [3.05, 3.63) is 22.4 Å². The summed E-state index contributed by atoms with van der Waals surface area (Å²) in [6, 6.07) is 3.23. The van der Waals surface area contributed by atoms with Gasteiger partial charge in [0.2, 0.25) is 0 Å². The minimum Gasteiger partial charge on any atom is -0.397 e. The van der Waals surface area contributed by atoms with Crippen molar-refractivity contribution >= 4 is 27.3 Å². The van der Waals surface area contributed by atoms with Crippen LogP contribution in [0.25, 0.3) is 0 Å². The fourth-order valence-electron chi connectivity index (χ4n) is 1.95. The van der Waals surface area contributed by atoms with Gasteiger partial charge in [0.25, 0.3) is 0 Å². The van der Waals surface area contributed by atoms with Crippen molar-refractivity contribution in [2.24, 2.45) is 0 Å².